The predicted octanol–water partition coefficient (Wildman–Crippen LogP) is 3.77. The normalized spacial score (nSPS) is 10.2. The average molecular weight is 228 g/mol. The quantitative estimate of drug-likeness (QED) is 0.866. The molecule has 0 amide bonds. The minimum absolute atomic E-state index is 0.288. The van der Waals surface area contributed by atoms with Crippen molar-refractivity contribution in [1.82, 2.24) is 0 Å². The summed E-state index contributed by atoms with van der Waals surface area (Å²) in [6.45, 7) is 4.69. The fraction of sp³-hybridized carbons (Fsp3) is 0.200. The van der Waals surface area contributed by atoms with Crippen molar-refractivity contribution in [3.8, 4) is 22.6 Å². The summed E-state index contributed by atoms with van der Waals surface area (Å²) in [6.07, 6.45) is 0. The summed E-state index contributed by atoms with van der Waals surface area (Å²) in [5, 5.41) is 9.48. The molecule has 0 radical (unpaired) electrons. The van der Waals surface area contributed by atoms with Crippen LogP contribution in [0.15, 0.2) is 42.5 Å². The second-order valence-electron chi connectivity index (χ2n) is 3.96. The second-order valence-corrected chi connectivity index (χ2v) is 3.96. The van der Waals surface area contributed by atoms with Crippen LogP contribution in [0.4, 0.5) is 0 Å². The zero-order valence-electron chi connectivity index (χ0n) is 10.1. The van der Waals surface area contributed by atoms with Crippen molar-refractivity contribution in [2.75, 3.05) is 6.61 Å². The van der Waals surface area contributed by atoms with Crippen LogP contribution in [0.25, 0.3) is 11.1 Å². The van der Waals surface area contributed by atoms with Gasteiger partial charge in [-0.15, -0.1) is 0 Å². The van der Waals surface area contributed by atoms with Crippen LogP contribution in [-0.2, 0) is 0 Å². The third-order valence-electron chi connectivity index (χ3n) is 2.67. The lowest BCUT2D eigenvalue weighted by Gasteiger charge is -2.09. The highest BCUT2D eigenvalue weighted by molar-refractivity contribution is 5.69. The van der Waals surface area contributed by atoms with Crippen molar-refractivity contribution in [3.63, 3.8) is 0 Å². The summed E-state index contributed by atoms with van der Waals surface area (Å²) in [5.74, 6) is 1.17. The lowest BCUT2D eigenvalue weighted by molar-refractivity contribution is 0.340. The molecule has 2 nitrogen and oxygen atoms in total. The van der Waals surface area contributed by atoms with Gasteiger partial charge in [0, 0.05) is 0 Å². The molecule has 0 atom stereocenters. The van der Waals surface area contributed by atoms with Crippen LogP contribution in [0.1, 0.15) is 12.5 Å². The monoisotopic (exact) mass is 228 g/mol. The van der Waals surface area contributed by atoms with E-state index in [-0.39, 0.29) is 5.75 Å². The molecule has 2 aromatic rings. The molecule has 0 aromatic heterocycles. The Hall–Kier alpha value is -1.96. The number of rotatable bonds is 3. The minimum atomic E-state index is 0.288. The van der Waals surface area contributed by atoms with Gasteiger partial charge in [-0.25, -0.2) is 0 Å². The van der Waals surface area contributed by atoms with Crippen molar-refractivity contribution >= 4 is 0 Å². The van der Waals surface area contributed by atoms with E-state index in [1.165, 1.54) is 0 Å². The van der Waals surface area contributed by atoms with Gasteiger partial charge in [0.05, 0.1) is 6.61 Å². The fourth-order valence-electron chi connectivity index (χ4n) is 1.89. The number of hydrogen-bond acceptors (Lipinski definition) is 2. The van der Waals surface area contributed by atoms with Crippen LogP contribution in [0, 0.1) is 6.92 Å². The number of hydrogen-bond donors (Lipinski definition) is 1. The largest absolute Gasteiger partial charge is 0.508 e. The minimum Gasteiger partial charge on any atom is -0.508 e. The molecule has 88 valence electrons. The predicted molar refractivity (Wildman–Crippen MR) is 69.4 cm³/mol. The van der Waals surface area contributed by atoms with Crippen LogP contribution in [0.3, 0.4) is 0 Å². The topological polar surface area (TPSA) is 29.5 Å². The number of phenolic OH excluding ortho intramolecular Hbond substituents is 1. The third kappa shape index (κ3) is 2.59. The fourth-order valence-corrected chi connectivity index (χ4v) is 1.89. The molecule has 0 saturated carbocycles. The Morgan fingerprint density at radius 1 is 1.12 bits per heavy atom. The Morgan fingerprint density at radius 3 is 2.59 bits per heavy atom. The molecule has 0 unspecified atom stereocenters. The van der Waals surface area contributed by atoms with E-state index < -0.39 is 0 Å². The molecule has 0 spiro atoms. The van der Waals surface area contributed by atoms with Gasteiger partial charge in [0.2, 0.25) is 0 Å². The molecule has 0 aliphatic carbocycles. The van der Waals surface area contributed by atoms with E-state index in [2.05, 4.69) is 0 Å². The molecule has 0 bridgehead atoms. The number of ether oxygens (including phenoxy) is 1. The van der Waals surface area contributed by atoms with Crippen molar-refractivity contribution in [3.05, 3.63) is 48.0 Å². The van der Waals surface area contributed by atoms with Gasteiger partial charge < -0.3 is 9.84 Å². The van der Waals surface area contributed by atoms with E-state index in [9.17, 15) is 5.11 Å². The van der Waals surface area contributed by atoms with Gasteiger partial charge in [0.25, 0.3) is 0 Å². The van der Waals surface area contributed by atoms with E-state index in [0.29, 0.717) is 6.61 Å². The van der Waals surface area contributed by atoms with Gasteiger partial charge in [-0.05, 0) is 54.8 Å². The second kappa shape index (κ2) is 4.91. The van der Waals surface area contributed by atoms with Gasteiger partial charge in [0.1, 0.15) is 11.5 Å². The summed E-state index contributed by atoms with van der Waals surface area (Å²) in [5.41, 5.74) is 3.27. The Labute approximate surface area is 101 Å². The first-order chi connectivity index (χ1) is 8.20. The maximum absolute atomic E-state index is 9.48. The number of phenols is 1. The molecule has 1 N–H and O–H groups in total. The molecular weight excluding hydrogens is 212 g/mol. The standard InChI is InChI=1S/C15H16O2/c1-3-17-14-7-8-15(11(2)9-14)12-5-4-6-13(16)10-12/h4-10,16H,3H2,1-2H3. The molecule has 0 aliphatic rings. The average Bonchev–Trinajstić information content (AvgIpc) is 2.29. The van der Waals surface area contributed by atoms with Crippen LogP contribution in [-0.4, -0.2) is 11.7 Å². The first kappa shape index (κ1) is 11.5. The van der Waals surface area contributed by atoms with Crippen molar-refractivity contribution in [2.24, 2.45) is 0 Å². The van der Waals surface area contributed by atoms with E-state index in [1.807, 2.05) is 44.2 Å². The highest BCUT2D eigenvalue weighted by atomic mass is 16.5. The highest BCUT2D eigenvalue weighted by Gasteiger charge is 2.04. The van der Waals surface area contributed by atoms with Crippen molar-refractivity contribution < 1.29 is 9.84 Å². The molecule has 0 heterocycles. The Balaban J connectivity index is 2.39. The first-order valence-corrected chi connectivity index (χ1v) is 5.73. The van der Waals surface area contributed by atoms with Gasteiger partial charge in [0.15, 0.2) is 0 Å². The number of aryl methyl sites for hydroxylation is 1. The SMILES string of the molecule is CCOc1ccc(-c2cccc(O)c2)c(C)c1. The summed E-state index contributed by atoms with van der Waals surface area (Å²) >= 11 is 0. The summed E-state index contributed by atoms with van der Waals surface area (Å²) in [7, 11) is 0. The molecule has 2 heteroatoms. The first-order valence-electron chi connectivity index (χ1n) is 5.73. The van der Waals surface area contributed by atoms with E-state index in [0.717, 1.165) is 22.4 Å². The lowest BCUT2D eigenvalue weighted by atomic mass is 10.0. The molecule has 2 aromatic carbocycles. The number of aromatic hydroxyl groups is 1. The summed E-state index contributed by atoms with van der Waals surface area (Å²) in [4.78, 5) is 0. The zero-order chi connectivity index (χ0) is 12.3. The Bertz CT molecular complexity index is 518. The highest BCUT2D eigenvalue weighted by Crippen LogP contribution is 2.28. The molecule has 2 rings (SSSR count). The van der Waals surface area contributed by atoms with Crippen molar-refractivity contribution in [2.45, 2.75) is 13.8 Å². The number of benzene rings is 2. The van der Waals surface area contributed by atoms with E-state index >= 15 is 0 Å². The smallest absolute Gasteiger partial charge is 0.119 e. The molecule has 0 fully saturated rings. The molecular formula is C15H16O2. The third-order valence-corrected chi connectivity index (χ3v) is 2.67. The molecule has 0 saturated heterocycles. The van der Waals surface area contributed by atoms with Crippen LogP contribution in [0.5, 0.6) is 11.5 Å². The maximum atomic E-state index is 9.48. The Kier molecular flexibility index (Phi) is 3.33. The van der Waals surface area contributed by atoms with Gasteiger partial charge >= 0.3 is 0 Å². The van der Waals surface area contributed by atoms with E-state index in [1.54, 1.807) is 12.1 Å². The summed E-state index contributed by atoms with van der Waals surface area (Å²) in [6, 6.07) is 13.3. The zero-order valence-corrected chi connectivity index (χ0v) is 10.1. The summed E-state index contributed by atoms with van der Waals surface area (Å²) < 4.78 is 5.45. The Morgan fingerprint density at radius 2 is 1.94 bits per heavy atom. The van der Waals surface area contributed by atoms with Crippen LogP contribution >= 0.6 is 0 Å². The maximum Gasteiger partial charge on any atom is 0.119 e. The molecule has 17 heavy (non-hydrogen) atoms. The van der Waals surface area contributed by atoms with E-state index in [4.69, 9.17) is 4.74 Å². The van der Waals surface area contributed by atoms with Crippen LogP contribution in [0.2, 0.25) is 0 Å². The van der Waals surface area contributed by atoms with Gasteiger partial charge in [-0.3, -0.25) is 0 Å². The molecule has 0 aliphatic heterocycles. The van der Waals surface area contributed by atoms with Gasteiger partial charge in [-0.1, -0.05) is 18.2 Å². The van der Waals surface area contributed by atoms with Crippen molar-refractivity contribution in [1.29, 1.82) is 0 Å². The lowest BCUT2D eigenvalue weighted by Crippen LogP contribution is -1.92. The van der Waals surface area contributed by atoms with Gasteiger partial charge in [-0.2, -0.15) is 0 Å². The van der Waals surface area contributed by atoms with Crippen LogP contribution < -0.4 is 4.74 Å².